The first kappa shape index (κ1) is 11.4. The summed E-state index contributed by atoms with van der Waals surface area (Å²) in [4.78, 5) is 2.48. The molecular formula is C15H21N. The Balaban J connectivity index is 2.02. The molecule has 0 bridgehead atoms. The third kappa shape index (κ3) is 2.53. The van der Waals surface area contributed by atoms with E-state index in [2.05, 4.69) is 49.7 Å². The zero-order valence-electron chi connectivity index (χ0n) is 10.4. The van der Waals surface area contributed by atoms with Crippen LogP contribution in [0.5, 0.6) is 0 Å². The second kappa shape index (κ2) is 4.84. The average Bonchev–Trinajstić information content (AvgIpc) is 2.65. The van der Waals surface area contributed by atoms with E-state index in [1.807, 2.05) is 0 Å². The van der Waals surface area contributed by atoms with E-state index in [4.69, 9.17) is 0 Å². The molecule has 16 heavy (non-hydrogen) atoms. The van der Waals surface area contributed by atoms with Crippen LogP contribution in [0.4, 0.5) is 0 Å². The van der Waals surface area contributed by atoms with Gasteiger partial charge in [-0.15, -0.1) is 0 Å². The largest absolute Gasteiger partial charge is 0.303 e. The molecule has 0 spiro atoms. The van der Waals surface area contributed by atoms with Gasteiger partial charge in [-0.25, -0.2) is 0 Å². The number of rotatable bonds is 3. The summed E-state index contributed by atoms with van der Waals surface area (Å²) in [6.45, 7) is 7.28. The lowest BCUT2D eigenvalue weighted by Gasteiger charge is -2.19. The highest BCUT2D eigenvalue weighted by Gasteiger charge is 2.20. The summed E-state index contributed by atoms with van der Waals surface area (Å²) in [7, 11) is 2.24. The van der Waals surface area contributed by atoms with Gasteiger partial charge in [0.2, 0.25) is 0 Å². The molecule has 1 nitrogen and oxygen atoms in total. The number of nitrogens with zero attached hydrogens (tertiary/aromatic N) is 1. The lowest BCUT2D eigenvalue weighted by atomic mass is 10.0. The maximum atomic E-state index is 3.96. The fraction of sp³-hybridized carbons (Fsp3) is 0.467. The van der Waals surface area contributed by atoms with Crippen LogP contribution >= 0.6 is 0 Å². The molecule has 86 valence electrons. The number of hydrogen-bond acceptors (Lipinski definition) is 1. The quantitative estimate of drug-likeness (QED) is 0.747. The normalized spacial score (nSPS) is 21.2. The molecular weight excluding hydrogens is 194 g/mol. The van der Waals surface area contributed by atoms with Crippen LogP contribution < -0.4 is 0 Å². The van der Waals surface area contributed by atoms with E-state index in [0.29, 0.717) is 0 Å². The number of hydrogen-bond donors (Lipinski definition) is 0. The van der Waals surface area contributed by atoms with Crippen LogP contribution in [0.15, 0.2) is 30.8 Å². The van der Waals surface area contributed by atoms with E-state index in [9.17, 15) is 0 Å². The third-order valence-corrected chi connectivity index (χ3v) is 3.59. The Morgan fingerprint density at radius 2 is 2.06 bits per heavy atom. The van der Waals surface area contributed by atoms with Crippen molar-refractivity contribution >= 4 is 5.57 Å². The highest BCUT2D eigenvalue weighted by molar-refractivity contribution is 5.61. The summed E-state index contributed by atoms with van der Waals surface area (Å²) < 4.78 is 0. The summed E-state index contributed by atoms with van der Waals surface area (Å²) in [5, 5.41) is 0. The maximum absolute atomic E-state index is 3.96. The van der Waals surface area contributed by atoms with Crippen molar-refractivity contribution in [2.45, 2.75) is 32.2 Å². The molecule has 2 rings (SSSR count). The minimum Gasteiger partial charge on any atom is -0.303 e. The summed E-state index contributed by atoms with van der Waals surface area (Å²) in [6.07, 6.45) is 3.89. The second-order valence-corrected chi connectivity index (χ2v) is 4.96. The molecule has 0 saturated carbocycles. The minimum absolute atomic E-state index is 0.746. The van der Waals surface area contributed by atoms with E-state index in [1.165, 1.54) is 36.9 Å². The Morgan fingerprint density at radius 3 is 2.56 bits per heavy atom. The summed E-state index contributed by atoms with van der Waals surface area (Å²) in [5.41, 5.74) is 3.84. The second-order valence-electron chi connectivity index (χ2n) is 4.96. The predicted molar refractivity (Wildman–Crippen MR) is 70.5 cm³/mol. The Labute approximate surface area is 98.8 Å². The lowest BCUT2D eigenvalue weighted by molar-refractivity contribution is 0.309. The molecule has 1 aliphatic heterocycles. The first-order valence-electron chi connectivity index (χ1n) is 6.12. The monoisotopic (exact) mass is 215 g/mol. The molecule has 1 aromatic rings. The molecule has 0 N–H and O–H groups in total. The van der Waals surface area contributed by atoms with Crippen LogP contribution in [-0.2, 0) is 6.42 Å². The van der Waals surface area contributed by atoms with Gasteiger partial charge < -0.3 is 4.90 Å². The summed E-state index contributed by atoms with van der Waals surface area (Å²) in [5.74, 6) is 0. The van der Waals surface area contributed by atoms with Crippen molar-refractivity contribution in [2.75, 3.05) is 13.6 Å². The molecule has 1 aliphatic rings. The van der Waals surface area contributed by atoms with Crippen molar-refractivity contribution in [1.82, 2.24) is 4.90 Å². The highest BCUT2D eigenvalue weighted by Crippen LogP contribution is 2.20. The van der Waals surface area contributed by atoms with Crippen molar-refractivity contribution in [3.63, 3.8) is 0 Å². The molecule has 1 aromatic carbocycles. The van der Waals surface area contributed by atoms with Crippen LogP contribution in [0.1, 0.15) is 30.9 Å². The van der Waals surface area contributed by atoms with E-state index in [0.717, 1.165) is 11.6 Å². The maximum Gasteiger partial charge on any atom is 0.0133 e. The van der Waals surface area contributed by atoms with Gasteiger partial charge in [-0.3, -0.25) is 0 Å². The van der Waals surface area contributed by atoms with Crippen molar-refractivity contribution < 1.29 is 0 Å². The van der Waals surface area contributed by atoms with Crippen LogP contribution in [0.3, 0.4) is 0 Å². The molecule has 0 radical (unpaired) electrons. The van der Waals surface area contributed by atoms with Gasteiger partial charge >= 0.3 is 0 Å². The predicted octanol–water partition coefficient (Wildman–Crippen LogP) is 3.36. The molecule has 1 atom stereocenters. The highest BCUT2D eigenvalue weighted by atomic mass is 15.1. The SMILES string of the molecule is C=C(C)c1ccc(CC2CCCN2C)cc1. The first-order valence-corrected chi connectivity index (χ1v) is 6.12. The van der Waals surface area contributed by atoms with Crippen molar-refractivity contribution in [3.8, 4) is 0 Å². The first-order chi connectivity index (χ1) is 7.66. The number of likely N-dealkylation sites (N-methyl/N-ethyl adjacent to an activating group) is 1. The topological polar surface area (TPSA) is 3.24 Å². The summed E-state index contributed by atoms with van der Waals surface area (Å²) >= 11 is 0. The number of benzene rings is 1. The van der Waals surface area contributed by atoms with Crippen LogP contribution in [0, 0.1) is 0 Å². The average molecular weight is 215 g/mol. The molecule has 0 aliphatic carbocycles. The fourth-order valence-electron chi connectivity index (χ4n) is 2.43. The van der Waals surface area contributed by atoms with Gasteiger partial charge in [0.25, 0.3) is 0 Å². The number of likely N-dealkylation sites (tertiary alicyclic amines) is 1. The van der Waals surface area contributed by atoms with Crippen LogP contribution in [0.25, 0.3) is 5.57 Å². The van der Waals surface area contributed by atoms with Crippen molar-refractivity contribution in [3.05, 3.63) is 42.0 Å². The Kier molecular flexibility index (Phi) is 3.45. The zero-order chi connectivity index (χ0) is 11.5. The van der Waals surface area contributed by atoms with Crippen LogP contribution in [-0.4, -0.2) is 24.5 Å². The molecule has 1 saturated heterocycles. The van der Waals surface area contributed by atoms with E-state index >= 15 is 0 Å². The summed E-state index contributed by atoms with van der Waals surface area (Å²) in [6, 6.07) is 9.61. The van der Waals surface area contributed by atoms with Gasteiger partial charge in [0.15, 0.2) is 0 Å². The molecule has 0 aromatic heterocycles. The van der Waals surface area contributed by atoms with Gasteiger partial charge in [0, 0.05) is 6.04 Å². The van der Waals surface area contributed by atoms with Crippen molar-refractivity contribution in [2.24, 2.45) is 0 Å². The minimum atomic E-state index is 0.746. The Hall–Kier alpha value is -1.08. The smallest absolute Gasteiger partial charge is 0.0133 e. The van der Waals surface area contributed by atoms with E-state index in [1.54, 1.807) is 0 Å². The van der Waals surface area contributed by atoms with Gasteiger partial charge in [-0.2, -0.15) is 0 Å². The Bertz CT molecular complexity index is 364. The number of allylic oxidation sites excluding steroid dienone is 1. The molecule has 1 unspecified atom stereocenters. The Morgan fingerprint density at radius 1 is 1.38 bits per heavy atom. The molecule has 1 fully saturated rings. The van der Waals surface area contributed by atoms with E-state index < -0.39 is 0 Å². The van der Waals surface area contributed by atoms with Gasteiger partial charge in [0.1, 0.15) is 0 Å². The van der Waals surface area contributed by atoms with Crippen LogP contribution in [0.2, 0.25) is 0 Å². The standard InChI is InChI=1S/C15H21N/c1-12(2)14-8-6-13(7-9-14)11-15-5-4-10-16(15)3/h6-9,15H,1,4-5,10-11H2,2-3H3. The zero-order valence-corrected chi connectivity index (χ0v) is 10.4. The molecule has 1 heterocycles. The fourth-order valence-corrected chi connectivity index (χ4v) is 2.43. The lowest BCUT2D eigenvalue weighted by Crippen LogP contribution is -2.26. The van der Waals surface area contributed by atoms with E-state index in [-0.39, 0.29) is 0 Å². The van der Waals surface area contributed by atoms with Gasteiger partial charge in [-0.05, 0) is 50.9 Å². The van der Waals surface area contributed by atoms with Crippen molar-refractivity contribution in [1.29, 1.82) is 0 Å². The van der Waals surface area contributed by atoms with Gasteiger partial charge in [0.05, 0.1) is 0 Å². The molecule has 1 heteroatoms. The third-order valence-electron chi connectivity index (χ3n) is 3.59. The molecule has 0 amide bonds. The van der Waals surface area contributed by atoms with Gasteiger partial charge in [-0.1, -0.05) is 36.4 Å².